The number of carbonyl (C=O) groups excluding carboxylic acids is 1. The van der Waals surface area contributed by atoms with Gasteiger partial charge in [0.15, 0.2) is 30.5 Å². The van der Waals surface area contributed by atoms with Crippen molar-refractivity contribution in [1.29, 1.82) is 0 Å². The lowest BCUT2D eigenvalue weighted by atomic mass is 10.2. The maximum absolute atomic E-state index is 12.3. The van der Waals surface area contributed by atoms with Crippen LogP contribution in [0.5, 0.6) is 17.4 Å². The number of carbonyl (C=O) groups is 1. The lowest BCUT2D eigenvalue weighted by molar-refractivity contribution is -0.930. The van der Waals surface area contributed by atoms with Gasteiger partial charge in [-0.1, -0.05) is 28.1 Å². The zero-order chi connectivity index (χ0) is 22.5. The van der Waals surface area contributed by atoms with Gasteiger partial charge in [-0.15, -0.1) is 10.2 Å². The van der Waals surface area contributed by atoms with Crippen molar-refractivity contribution in [2.45, 2.75) is 6.67 Å². The van der Waals surface area contributed by atoms with E-state index in [4.69, 9.17) is 14.2 Å². The molecule has 0 radical (unpaired) electrons. The Kier molecular flexibility index (Phi) is 7.03. The van der Waals surface area contributed by atoms with E-state index in [1.54, 1.807) is 22.8 Å². The summed E-state index contributed by atoms with van der Waals surface area (Å²) >= 11 is 3.46. The van der Waals surface area contributed by atoms with Gasteiger partial charge >= 0.3 is 5.91 Å². The van der Waals surface area contributed by atoms with Gasteiger partial charge < -0.3 is 24.2 Å². The standard InChI is InChI=1S/C22H23BrN4O5/c1-30-18-4-2-3-5-19(18)32-13-20(28)24-25-21-16-12-15(23)6-7-17(16)27(22(21)29)14-26-8-10-31-11-9-26/h2-7,12,29H,8-11,13-14H2,1H3/p+1. The first-order valence-corrected chi connectivity index (χ1v) is 11.0. The van der Waals surface area contributed by atoms with Gasteiger partial charge in [0.1, 0.15) is 13.1 Å². The minimum absolute atomic E-state index is 0.0284. The van der Waals surface area contributed by atoms with E-state index in [0.29, 0.717) is 36.8 Å². The molecule has 0 unspecified atom stereocenters. The number of para-hydroxylation sites is 2. The number of hydrogen-bond acceptors (Lipinski definition) is 6. The zero-order valence-electron chi connectivity index (χ0n) is 17.6. The Morgan fingerprint density at radius 2 is 1.97 bits per heavy atom. The number of halogens is 1. The van der Waals surface area contributed by atoms with E-state index in [1.807, 2.05) is 24.3 Å². The molecule has 1 saturated heterocycles. The molecular formula is C22H24BrN4O5+. The molecular weight excluding hydrogens is 480 g/mol. The van der Waals surface area contributed by atoms with E-state index >= 15 is 0 Å². The molecule has 2 aromatic carbocycles. The van der Waals surface area contributed by atoms with Crippen molar-refractivity contribution in [3.05, 3.63) is 46.9 Å². The van der Waals surface area contributed by atoms with Crippen molar-refractivity contribution in [3.8, 4) is 17.4 Å². The first-order valence-electron chi connectivity index (χ1n) is 10.2. The highest BCUT2D eigenvalue weighted by Gasteiger charge is 2.22. The van der Waals surface area contributed by atoms with Crippen LogP contribution in [-0.2, 0) is 16.2 Å². The normalized spacial score (nSPS) is 14.8. The molecule has 3 aromatic rings. The molecule has 1 fully saturated rings. The van der Waals surface area contributed by atoms with E-state index in [2.05, 4.69) is 26.2 Å². The maximum Gasteiger partial charge on any atom is 0.302 e. The largest absolute Gasteiger partial charge is 0.493 e. The third kappa shape index (κ3) is 4.93. The Bertz CT molecular complexity index is 1140. The summed E-state index contributed by atoms with van der Waals surface area (Å²) in [5.41, 5.74) is 1.07. The van der Waals surface area contributed by atoms with Crippen molar-refractivity contribution < 1.29 is 29.0 Å². The fourth-order valence-electron chi connectivity index (χ4n) is 3.61. The van der Waals surface area contributed by atoms with Crippen molar-refractivity contribution >= 4 is 38.4 Å². The molecule has 9 nitrogen and oxygen atoms in total. The van der Waals surface area contributed by atoms with Crippen LogP contribution in [0.1, 0.15) is 0 Å². The number of rotatable bonds is 7. The minimum Gasteiger partial charge on any atom is -0.493 e. The Hall–Kier alpha value is -2.95. The number of quaternary nitrogens is 1. The van der Waals surface area contributed by atoms with Crippen molar-refractivity contribution in [1.82, 2.24) is 4.57 Å². The predicted molar refractivity (Wildman–Crippen MR) is 121 cm³/mol. The number of ether oxygens (including phenoxy) is 3. The summed E-state index contributed by atoms with van der Waals surface area (Å²) in [6.07, 6.45) is 0. The number of amides is 1. The fourth-order valence-corrected chi connectivity index (χ4v) is 3.97. The Morgan fingerprint density at radius 3 is 2.72 bits per heavy atom. The summed E-state index contributed by atoms with van der Waals surface area (Å²) < 4.78 is 18.8. The number of morpholine rings is 1. The Balaban J connectivity index is 1.55. The fraction of sp³-hybridized carbons (Fsp3) is 0.318. The van der Waals surface area contributed by atoms with Crippen LogP contribution in [0.25, 0.3) is 10.9 Å². The number of hydrogen-bond donors (Lipinski definition) is 2. The molecule has 0 atom stereocenters. The molecule has 0 aliphatic carbocycles. The van der Waals surface area contributed by atoms with Crippen LogP contribution < -0.4 is 14.4 Å². The van der Waals surface area contributed by atoms with Crippen molar-refractivity contribution in [2.75, 3.05) is 40.0 Å². The van der Waals surface area contributed by atoms with Crippen LogP contribution in [0.3, 0.4) is 0 Å². The highest BCUT2D eigenvalue weighted by Crippen LogP contribution is 2.39. The molecule has 0 spiro atoms. The molecule has 0 saturated carbocycles. The first kappa shape index (κ1) is 22.3. The van der Waals surface area contributed by atoms with E-state index in [1.165, 1.54) is 12.0 Å². The third-order valence-corrected chi connectivity index (χ3v) is 5.73. The Morgan fingerprint density at radius 1 is 1.22 bits per heavy atom. The second-order valence-corrected chi connectivity index (χ2v) is 8.23. The number of nitrogens with one attached hydrogen (secondary N) is 1. The zero-order valence-corrected chi connectivity index (χ0v) is 19.2. The number of methoxy groups -OCH3 is 1. The van der Waals surface area contributed by atoms with Crippen LogP contribution >= 0.6 is 15.9 Å². The molecule has 32 heavy (non-hydrogen) atoms. The quantitative estimate of drug-likeness (QED) is 0.483. The van der Waals surface area contributed by atoms with E-state index < -0.39 is 5.91 Å². The predicted octanol–water partition coefficient (Wildman–Crippen LogP) is 2.68. The number of fused-ring (bicyclic) bond motifs is 1. The van der Waals surface area contributed by atoms with Gasteiger partial charge in [-0.25, -0.2) is 0 Å². The molecule has 1 aromatic heterocycles. The summed E-state index contributed by atoms with van der Waals surface area (Å²) in [5, 5.41) is 19.5. The van der Waals surface area contributed by atoms with Crippen molar-refractivity contribution in [2.24, 2.45) is 10.2 Å². The summed E-state index contributed by atoms with van der Waals surface area (Å²) in [6.45, 7) is 3.34. The molecule has 2 heterocycles. The molecule has 0 bridgehead atoms. The average molecular weight is 504 g/mol. The summed E-state index contributed by atoms with van der Waals surface area (Å²) in [4.78, 5) is 13.6. The maximum atomic E-state index is 12.3. The monoisotopic (exact) mass is 503 g/mol. The van der Waals surface area contributed by atoms with Gasteiger partial charge in [0, 0.05) is 9.86 Å². The second-order valence-electron chi connectivity index (χ2n) is 7.32. The summed E-state index contributed by atoms with van der Waals surface area (Å²) in [6, 6.07) is 12.7. The number of azo groups is 1. The lowest BCUT2D eigenvalue weighted by Crippen LogP contribution is -3.13. The molecule has 168 valence electrons. The summed E-state index contributed by atoms with van der Waals surface area (Å²) in [7, 11) is 1.53. The smallest absolute Gasteiger partial charge is 0.302 e. The third-order valence-electron chi connectivity index (χ3n) is 5.24. The highest BCUT2D eigenvalue weighted by atomic mass is 79.9. The first-order chi connectivity index (χ1) is 15.6. The number of benzene rings is 2. The number of nitrogens with zero attached hydrogens (tertiary/aromatic N) is 3. The van der Waals surface area contributed by atoms with Gasteiger partial charge in [0.2, 0.25) is 5.88 Å². The van der Waals surface area contributed by atoms with Crippen LogP contribution in [0.4, 0.5) is 5.69 Å². The van der Waals surface area contributed by atoms with Gasteiger partial charge in [0.05, 0.1) is 25.8 Å². The molecule has 1 amide bonds. The minimum atomic E-state index is -0.579. The SMILES string of the molecule is COc1ccccc1OCC(=O)N=Nc1c(O)n(C[NH+]2CCOCC2)c2ccc(Br)cc12. The lowest BCUT2D eigenvalue weighted by Gasteiger charge is -2.24. The van der Waals surface area contributed by atoms with Gasteiger partial charge in [-0.3, -0.25) is 9.36 Å². The molecule has 4 rings (SSSR count). The van der Waals surface area contributed by atoms with Crippen LogP contribution in [0, 0.1) is 0 Å². The van der Waals surface area contributed by atoms with E-state index in [-0.39, 0.29) is 18.2 Å². The number of aromatic hydroxyl groups is 1. The van der Waals surface area contributed by atoms with Crippen LogP contribution in [0.2, 0.25) is 0 Å². The van der Waals surface area contributed by atoms with Crippen LogP contribution in [0.15, 0.2) is 57.2 Å². The van der Waals surface area contributed by atoms with Crippen molar-refractivity contribution in [3.63, 3.8) is 0 Å². The highest BCUT2D eigenvalue weighted by molar-refractivity contribution is 9.10. The van der Waals surface area contributed by atoms with Gasteiger partial charge in [-0.05, 0) is 30.3 Å². The molecule has 1 aliphatic heterocycles. The number of aromatic nitrogens is 1. The molecule has 1 aliphatic rings. The van der Waals surface area contributed by atoms with Crippen LogP contribution in [-0.4, -0.2) is 55.6 Å². The van der Waals surface area contributed by atoms with Gasteiger partial charge in [-0.2, -0.15) is 0 Å². The molecule has 10 heteroatoms. The topological polar surface area (TPSA) is 99.1 Å². The Labute approximate surface area is 193 Å². The average Bonchev–Trinajstić information content (AvgIpc) is 3.07. The second kappa shape index (κ2) is 10.1. The van der Waals surface area contributed by atoms with Gasteiger partial charge in [0.25, 0.3) is 0 Å². The summed E-state index contributed by atoms with van der Waals surface area (Å²) in [5.74, 6) is 0.355. The molecule has 2 N–H and O–H groups in total. The van der Waals surface area contributed by atoms with E-state index in [0.717, 1.165) is 23.1 Å². The van der Waals surface area contributed by atoms with E-state index in [9.17, 15) is 9.90 Å².